The van der Waals surface area contributed by atoms with E-state index in [1.54, 1.807) is 6.92 Å². The fourth-order valence-electron chi connectivity index (χ4n) is 3.60. The van der Waals surface area contributed by atoms with Crippen LogP contribution in [-0.2, 0) is 17.9 Å². The third-order valence-corrected chi connectivity index (χ3v) is 5.15. The van der Waals surface area contributed by atoms with E-state index in [1.165, 1.54) is 11.1 Å². The van der Waals surface area contributed by atoms with Gasteiger partial charge in [-0.05, 0) is 17.9 Å². The van der Waals surface area contributed by atoms with Crippen molar-refractivity contribution in [3.05, 3.63) is 53.9 Å². The summed E-state index contributed by atoms with van der Waals surface area (Å²) in [5, 5.41) is 8.16. The maximum absolute atomic E-state index is 11.6. The smallest absolute Gasteiger partial charge is 0.219 e. The normalized spacial score (nSPS) is 20.6. The summed E-state index contributed by atoms with van der Waals surface area (Å²) in [6.45, 7) is 7.24. The number of aromatic nitrogens is 2. The summed E-state index contributed by atoms with van der Waals surface area (Å²) in [7, 11) is 0. The molecule has 0 spiro atoms. The standard InChI is InChI=1S/C20H28N4O/c1-3-19-15-23(16(2)25)10-9-20(19)21-11-18-12-22-24(14-18)13-17-7-5-4-6-8-17/h4-8,12,14,19-21H,3,9-11,13,15H2,1-2H3. The molecule has 1 N–H and O–H groups in total. The van der Waals surface area contributed by atoms with Crippen molar-refractivity contribution in [1.82, 2.24) is 20.0 Å². The molecule has 2 unspecified atom stereocenters. The van der Waals surface area contributed by atoms with Crippen molar-refractivity contribution in [2.24, 2.45) is 5.92 Å². The van der Waals surface area contributed by atoms with E-state index in [0.717, 1.165) is 39.0 Å². The molecule has 1 amide bonds. The number of nitrogens with zero attached hydrogens (tertiary/aromatic N) is 3. The summed E-state index contributed by atoms with van der Waals surface area (Å²) in [4.78, 5) is 13.6. The molecule has 1 aromatic carbocycles. The molecule has 0 saturated carbocycles. The zero-order valence-electron chi connectivity index (χ0n) is 15.2. The first-order valence-electron chi connectivity index (χ1n) is 9.20. The van der Waals surface area contributed by atoms with Crippen molar-refractivity contribution < 1.29 is 4.79 Å². The Kier molecular flexibility index (Phi) is 5.87. The van der Waals surface area contributed by atoms with Gasteiger partial charge in [0.15, 0.2) is 0 Å². The van der Waals surface area contributed by atoms with E-state index in [9.17, 15) is 4.79 Å². The molecule has 1 saturated heterocycles. The molecule has 0 aliphatic carbocycles. The van der Waals surface area contributed by atoms with Gasteiger partial charge in [0, 0.05) is 44.4 Å². The number of hydrogen-bond acceptors (Lipinski definition) is 3. The van der Waals surface area contributed by atoms with Crippen LogP contribution in [-0.4, -0.2) is 39.7 Å². The van der Waals surface area contributed by atoms with E-state index < -0.39 is 0 Å². The molecule has 5 heteroatoms. The summed E-state index contributed by atoms with van der Waals surface area (Å²) in [5.41, 5.74) is 2.47. The molecule has 134 valence electrons. The van der Waals surface area contributed by atoms with Crippen LogP contribution >= 0.6 is 0 Å². The SMILES string of the molecule is CCC1CN(C(C)=O)CCC1NCc1cnn(Cc2ccccc2)c1. The largest absolute Gasteiger partial charge is 0.343 e. The van der Waals surface area contributed by atoms with Gasteiger partial charge in [-0.25, -0.2) is 0 Å². The zero-order valence-corrected chi connectivity index (χ0v) is 15.2. The molecule has 5 nitrogen and oxygen atoms in total. The van der Waals surface area contributed by atoms with Gasteiger partial charge in [0.05, 0.1) is 12.7 Å². The Bertz CT molecular complexity index is 682. The second-order valence-corrected chi connectivity index (χ2v) is 6.94. The Morgan fingerprint density at radius 2 is 2.08 bits per heavy atom. The maximum Gasteiger partial charge on any atom is 0.219 e. The van der Waals surface area contributed by atoms with Crippen LogP contribution in [0.4, 0.5) is 0 Å². The van der Waals surface area contributed by atoms with Gasteiger partial charge < -0.3 is 10.2 Å². The highest BCUT2D eigenvalue weighted by molar-refractivity contribution is 5.73. The van der Waals surface area contributed by atoms with Crippen LogP contribution in [0.5, 0.6) is 0 Å². The monoisotopic (exact) mass is 340 g/mol. The molecule has 1 aliphatic heterocycles. The molecular formula is C20H28N4O. The lowest BCUT2D eigenvalue weighted by Crippen LogP contribution is -2.50. The van der Waals surface area contributed by atoms with Crippen LogP contribution < -0.4 is 5.32 Å². The van der Waals surface area contributed by atoms with E-state index in [1.807, 2.05) is 21.8 Å². The van der Waals surface area contributed by atoms with E-state index in [4.69, 9.17) is 0 Å². The third-order valence-electron chi connectivity index (χ3n) is 5.15. The molecular weight excluding hydrogens is 312 g/mol. The van der Waals surface area contributed by atoms with E-state index in [-0.39, 0.29) is 5.91 Å². The molecule has 1 aliphatic rings. The van der Waals surface area contributed by atoms with Crippen molar-refractivity contribution >= 4 is 5.91 Å². The number of rotatable bonds is 6. The third kappa shape index (κ3) is 4.69. The topological polar surface area (TPSA) is 50.2 Å². The predicted octanol–water partition coefficient (Wildman–Crippen LogP) is 2.67. The summed E-state index contributed by atoms with van der Waals surface area (Å²) >= 11 is 0. The number of carbonyl (C=O) groups is 1. The van der Waals surface area contributed by atoms with Gasteiger partial charge in [-0.3, -0.25) is 9.48 Å². The van der Waals surface area contributed by atoms with Crippen LogP contribution in [0, 0.1) is 5.92 Å². The number of amides is 1. The Hall–Kier alpha value is -2.14. The average Bonchev–Trinajstić information content (AvgIpc) is 3.08. The van der Waals surface area contributed by atoms with Crippen LogP contribution in [0.15, 0.2) is 42.7 Å². The Labute approximate surface area is 150 Å². The minimum absolute atomic E-state index is 0.194. The van der Waals surface area contributed by atoms with Crippen molar-refractivity contribution in [2.45, 2.75) is 45.8 Å². The number of carbonyl (C=O) groups excluding carboxylic acids is 1. The minimum Gasteiger partial charge on any atom is -0.343 e. The highest BCUT2D eigenvalue weighted by atomic mass is 16.2. The fraction of sp³-hybridized carbons (Fsp3) is 0.500. The van der Waals surface area contributed by atoms with Crippen molar-refractivity contribution in [3.63, 3.8) is 0 Å². The van der Waals surface area contributed by atoms with Gasteiger partial charge in [-0.1, -0.05) is 43.7 Å². The summed E-state index contributed by atoms with van der Waals surface area (Å²) in [5.74, 6) is 0.719. The molecule has 1 aromatic heterocycles. The van der Waals surface area contributed by atoms with Crippen LogP contribution in [0.25, 0.3) is 0 Å². The Morgan fingerprint density at radius 1 is 1.28 bits per heavy atom. The lowest BCUT2D eigenvalue weighted by molar-refractivity contribution is -0.131. The summed E-state index contributed by atoms with van der Waals surface area (Å²) in [6, 6.07) is 10.9. The second-order valence-electron chi connectivity index (χ2n) is 6.94. The zero-order chi connectivity index (χ0) is 17.6. The second kappa shape index (κ2) is 8.30. The summed E-state index contributed by atoms with van der Waals surface area (Å²) in [6.07, 6.45) is 6.18. The maximum atomic E-state index is 11.6. The van der Waals surface area contributed by atoms with Crippen molar-refractivity contribution in [2.75, 3.05) is 13.1 Å². The van der Waals surface area contributed by atoms with Gasteiger partial charge in [0.25, 0.3) is 0 Å². The molecule has 3 rings (SSSR count). The Balaban J connectivity index is 1.52. The number of likely N-dealkylation sites (tertiary alicyclic amines) is 1. The number of piperidine rings is 1. The Morgan fingerprint density at radius 3 is 2.80 bits per heavy atom. The molecule has 1 fully saturated rings. The molecule has 25 heavy (non-hydrogen) atoms. The lowest BCUT2D eigenvalue weighted by atomic mass is 9.89. The first-order chi connectivity index (χ1) is 12.2. The van der Waals surface area contributed by atoms with E-state index >= 15 is 0 Å². The fourth-order valence-corrected chi connectivity index (χ4v) is 3.60. The quantitative estimate of drug-likeness (QED) is 0.879. The van der Waals surface area contributed by atoms with Crippen LogP contribution in [0.3, 0.4) is 0 Å². The molecule has 2 heterocycles. The van der Waals surface area contributed by atoms with Gasteiger partial charge in [-0.2, -0.15) is 5.10 Å². The number of hydrogen-bond donors (Lipinski definition) is 1. The summed E-state index contributed by atoms with van der Waals surface area (Å²) < 4.78 is 1.99. The average molecular weight is 340 g/mol. The first kappa shape index (κ1) is 17.7. The van der Waals surface area contributed by atoms with Crippen LogP contribution in [0.2, 0.25) is 0 Å². The van der Waals surface area contributed by atoms with Crippen molar-refractivity contribution in [1.29, 1.82) is 0 Å². The van der Waals surface area contributed by atoms with Crippen molar-refractivity contribution in [3.8, 4) is 0 Å². The van der Waals surface area contributed by atoms with Gasteiger partial charge in [0.2, 0.25) is 5.91 Å². The van der Waals surface area contributed by atoms with E-state index in [0.29, 0.717) is 12.0 Å². The molecule has 2 aromatic rings. The number of benzene rings is 1. The molecule has 2 atom stereocenters. The van der Waals surface area contributed by atoms with Gasteiger partial charge >= 0.3 is 0 Å². The van der Waals surface area contributed by atoms with Crippen LogP contribution in [0.1, 0.15) is 37.8 Å². The lowest BCUT2D eigenvalue weighted by Gasteiger charge is -2.38. The van der Waals surface area contributed by atoms with Gasteiger partial charge in [0.1, 0.15) is 0 Å². The first-order valence-corrected chi connectivity index (χ1v) is 9.20. The predicted molar refractivity (Wildman–Crippen MR) is 99.1 cm³/mol. The highest BCUT2D eigenvalue weighted by Crippen LogP contribution is 2.20. The van der Waals surface area contributed by atoms with E-state index in [2.05, 4.69) is 47.8 Å². The molecule has 0 radical (unpaired) electrons. The highest BCUT2D eigenvalue weighted by Gasteiger charge is 2.28. The minimum atomic E-state index is 0.194. The number of nitrogens with one attached hydrogen (secondary N) is 1. The van der Waals surface area contributed by atoms with Gasteiger partial charge in [-0.15, -0.1) is 0 Å². The molecule has 0 bridgehead atoms.